The van der Waals surface area contributed by atoms with Gasteiger partial charge in [0.15, 0.2) is 0 Å². The van der Waals surface area contributed by atoms with E-state index < -0.39 is 0 Å². The highest BCUT2D eigenvalue weighted by molar-refractivity contribution is 5.71. The van der Waals surface area contributed by atoms with Crippen LogP contribution in [0.25, 0.3) is 17.1 Å². The van der Waals surface area contributed by atoms with Crippen molar-refractivity contribution >= 4 is 5.82 Å². The molecule has 0 bridgehead atoms. The summed E-state index contributed by atoms with van der Waals surface area (Å²) in [6.45, 7) is 5.20. The number of hydrogen-bond donors (Lipinski definition) is 1. The Bertz CT molecular complexity index is 834. The predicted octanol–water partition coefficient (Wildman–Crippen LogP) is 3.52. The van der Waals surface area contributed by atoms with Crippen molar-refractivity contribution in [2.75, 3.05) is 11.9 Å². The predicted molar refractivity (Wildman–Crippen MR) is 88.5 cm³/mol. The second-order valence-corrected chi connectivity index (χ2v) is 5.77. The van der Waals surface area contributed by atoms with Crippen molar-refractivity contribution in [1.82, 2.24) is 14.8 Å². The lowest BCUT2D eigenvalue weighted by Crippen LogP contribution is -2.06. The average molecular weight is 290 g/mol. The molecule has 0 saturated carbocycles. The van der Waals surface area contributed by atoms with Gasteiger partial charge in [-0.2, -0.15) is 5.10 Å². The van der Waals surface area contributed by atoms with Crippen molar-refractivity contribution in [3.8, 4) is 17.1 Å². The number of pyridine rings is 1. The minimum absolute atomic E-state index is 0.936. The normalized spacial score (nSPS) is 13.0. The number of anilines is 1. The maximum atomic E-state index is 4.85. The first kappa shape index (κ1) is 13.1. The summed E-state index contributed by atoms with van der Waals surface area (Å²) in [5.74, 6) is 1.10. The molecular formula is C18H18N4. The summed E-state index contributed by atoms with van der Waals surface area (Å²) >= 11 is 0. The molecule has 110 valence electrons. The Balaban J connectivity index is 1.92. The van der Waals surface area contributed by atoms with Crippen molar-refractivity contribution in [3.05, 3.63) is 59.3 Å². The molecule has 0 atom stereocenters. The van der Waals surface area contributed by atoms with Gasteiger partial charge in [0.1, 0.15) is 11.5 Å². The van der Waals surface area contributed by atoms with Crippen molar-refractivity contribution in [2.45, 2.75) is 20.3 Å². The molecule has 4 rings (SSSR count). The van der Waals surface area contributed by atoms with Crippen LogP contribution < -0.4 is 5.32 Å². The fourth-order valence-corrected chi connectivity index (χ4v) is 3.10. The summed E-state index contributed by atoms with van der Waals surface area (Å²) in [6.07, 6.45) is 2.81. The standard InChI is InChI=1S/C18H18N4/c1-12-6-7-16(13(2)11-12)22-18-14(8-10-20-18)17(21-22)15-5-3-4-9-19-15/h3-7,9,11,20H,8,10H2,1-2H3. The third kappa shape index (κ3) is 1.99. The zero-order valence-electron chi connectivity index (χ0n) is 12.8. The molecule has 0 radical (unpaired) electrons. The van der Waals surface area contributed by atoms with Crippen LogP contribution >= 0.6 is 0 Å². The number of rotatable bonds is 2. The SMILES string of the molecule is Cc1ccc(-n2nc(-c3ccccn3)c3c2NCC3)c(C)c1. The van der Waals surface area contributed by atoms with Crippen LogP contribution in [0.3, 0.4) is 0 Å². The lowest BCUT2D eigenvalue weighted by Gasteiger charge is -2.10. The molecule has 4 nitrogen and oxygen atoms in total. The van der Waals surface area contributed by atoms with E-state index in [0.29, 0.717) is 0 Å². The number of fused-ring (bicyclic) bond motifs is 1. The Hall–Kier alpha value is -2.62. The molecule has 3 aromatic rings. The quantitative estimate of drug-likeness (QED) is 0.785. The van der Waals surface area contributed by atoms with E-state index in [1.807, 2.05) is 29.1 Å². The van der Waals surface area contributed by atoms with Gasteiger partial charge in [0.05, 0.1) is 11.4 Å². The molecule has 0 aliphatic carbocycles. The van der Waals surface area contributed by atoms with Crippen LogP contribution in [0.15, 0.2) is 42.6 Å². The average Bonchev–Trinajstić information content (AvgIpc) is 3.11. The topological polar surface area (TPSA) is 42.7 Å². The summed E-state index contributed by atoms with van der Waals surface area (Å²) in [5.41, 5.74) is 6.80. The Morgan fingerprint density at radius 3 is 2.82 bits per heavy atom. The van der Waals surface area contributed by atoms with Crippen molar-refractivity contribution in [3.63, 3.8) is 0 Å². The van der Waals surface area contributed by atoms with Gasteiger partial charge in [0.2, 0.25) is 0 Å². The van der Waals surface area contributed by atoms with Gasteiger partial charge in [0.25, 0.3) is 0 Å². The zero-order chi connectivity index (χ0) is 15.1. The maximum Gasteiger partial charge on any atom is 0.133 e. The first-order valence-corrected chi connectivity index (χ1v) is 7.59. The smallest absolute Gasteiger partial charge is 0.133 e. The molecule has 1 N–H and O–H groups in total. The van der Waals surface area contributed by atoms with Crippen LogP contribution in [0, 0.1) is 13.8 Å². The van der Waals surface area contributed by atoms with Gasteiger partial charge in [0, 0.05) is 18.3 Å². The summed E-state index contributed by atoms with van der Waals surface area (Å²) in [6, 6.07) is 12.4. The monoisotopic (exact) mass is 290 g/mol. The zero-order valence-corrected chi connectivity index (χ0v) is 12.8. The highest BCUT2D eigenvalue weighted by Crippen LogP contribution is 2.34. The van der Waals surface area contributed by atoms with Gasteiger partial charge in [-0.1, -0.05) is 23.8 Å². The molecule has 0 unspecified atom stereocenters. The minimum atomic E-state index is 0.936. The largest absolute Gasteiger partial charge is 0.369 e. The number of aromatic nitrogens is 3. The number of nitrogens with one attached hydrogen (secondary N) is 1. The van der Waals surface area contributed by atoms with E-state index in [1.54, 1.807) is 0 Å². The van der Waals surface area contributed by atoms with E-state index in [1.165, 1.54) is 16.7 Å². The van der Waals surface area contributed by atoms with Crippen molar-refractivity contribution < 1.29 is 0 Å². The van der Waals surface area contributed by atoms with Crippen LogP contribution in [-0.2, 0) is 6.42 Å². The Labute approximate surface area is 129 Å². The maximum absolute atomic E-state index is 4.85. The second-order valence-electron chi connectivity index (χ2n) is 5.77. The van der Waals surface area contributed by atoms with Crippen LogP contribution in [-0.4, -0.2) is 21.3 Å². The van der Waals surface area contributed by atoms with E-state index in [0.717, 1.165) is 35.9 Å². The first-order chi connectivity index (χ1) is 10.7. The fourth-order valence-electron chi connectivity index (χ4n) is 3.10. The van der Waals surface area contributed by atoms with E-state index in [2.05, 4.69) is 42.3 Å². The molecule has 4 heteroatoms. The van der Waals surface area contributed by atoms with E-state index in [9.17, 15) is 0 Å². The number of aryl methyl sites for hydroxylation is 2. The van der Waals surface area contributed by atoms with Gasteiger partial charge in [-0.15, -0.1) is 0 Å². The number of hydrogen-bond acceptors (Lipinski definition) is 3. The molecular weight excluding hydrogens is 272 g/mol. The highest BCUT2D eigenvalue weighted by atomic mass is 15.3. The van der Waals surface area contributed by atoms with Crippen molar-refractivity contribution in [1.29, 1.82) is 0 Å². The molecule has 0 saturated heterocycles. The number of nitrogens with zero attached hydrogens (tertiary/aromatic N) is 3. The highest BCUT2D eigenvalue weighted by Gasteiger charge is 2.24. The first-order valence-electron chi connectivity index (χ1n) is 7.59. The Morgan fingerprint density at radius 1 is 1.14 bits per heavy atom. The van der Waals surface area contributed by atoms with Gasteiger partial charge in [-0.25, -0.2) is 4.68 Å². The Kier molecular flexibility index (Phi) is 2.96. The molecule has 22 heavy (non-hydrogen) atoms. The summed E-state index contributed by atoms with van der Waals surface area (Å²) < 4.78 is 2.03. The van der Waals surface area contributed by atoms with Crippen LogP contribution in [0.1, 0.15) is 16.7 Å². The van der Waals surface area contributed by atoms with Crippen LogP contribution in [0.5, 0.6) is 0 Å². The molecule has 1 aliphatic heterocycles. The Morgan fingerprint density at radius 2 is 2.05 bits per heavy atom. The molecule has 1 aliphatic rings. The molecule has 1 aromatic carbocycles. The van der Waals surface area contributed by atoms with Crippen LogP contribution in [0.4, 0.5) is 5.82 Å². The fraction of sp³-hybridized carbons (Fsp3) is 0.222. The lowest BCUT2D eigenvalue weighted by atomic mass is 10.1. The van der Waals surface area contributed by atoms with Gasteiger partial charge in [-0.3, -0.25) is 4.98 Å². The van der Waals surface area contributed by atoms with E-state index in [4.69, 9.17) is 5.10 Å². The molecule has 0 fully saturated rings. The molecule has 0 spiro atoms. The van der Waals surface area contributed by atoms with E-state index in [-0.39, 0.29) is 0 Å². The second kappa shape index (κ2) is 4.98. The lowest BCUT2D eigenvalue weighted by molar-refractivity contribution is 0.872. The summed E-state index contributed by atoms with van der Waals surface area (Å²) in [7, 11) is 0. The third-order valence-electron chi connectivity index (χ3n) is 4.14. The van der Waals surface area contributed by atoms with Crippen molar-refractivity contribution in [2.24, 2.45) is 0 Å². The summed E-state index contributed by atoms with van der Waals surface area (Å²) in [5, 5.41) is 8.33. The van der Waals surface area contributed by atoms with Gasteiger partial charge >= 0.3 is 0 Å². The third-order valence-corrected chi connectivity index (χ3v) is 4.14. The summed E-state index contributed by atoms with van der Waals surface area (Å²) in [4.78, 5) is 4.47. The van der Waals surface area contributed by atoms with E-state index >= 15 is 0 Å². The van der Waals surface area contributed by atoms with Gasteiger partial charge in [-0.05, 0) is 44.0 Å². The van der Waals surface area contributed by atoms with Crippen LogP contribution in [0.2, 0.25) is 0 Å². The molecule has 3 heterocycles. The number of benzene rings is 1. The minimum Gasteiger partial charge on any atom is -0.369 e. The van der Waals surface area contributed by atoms with Gasteiger partial charge < -0.3 is 5.32 Å². The molecule has 0 amide bonds. The molecule has 2 aromatic heterocycles.